The first-order chi connectivity index (χ1) is 8.61. The van der Waals surface area contributed by atoms with Crippen molar-refractivity contribution in [3.05, 3.63) is 75.6 Å². The van der Waals surface area contributed by atoms with Crippen LogP contribution in [0.4, 0.5) is 10.1 Å². The molecule has 0 saturated carbocycles. The van der Waals surface area contributed by atoms with Crippen LogP contribution in [0.3, 0.4) is 0 Å². The first kappa shape index (κ1) is 12.2. The summed E-state index contributed by atoms with van der Waals surface area (Å²) in [6, 6.07) is 11.4. The van der Waals surface area contributed by atoms with Gasteiger partial charge in [0.05, 0.1) is 10.5 Å². The first-order valence-corrected chi connectivity index (χ1v) is 5.27. The first-order valence-electron chi connectivity index (χ1n) is 5.27. The second-order valence-electron chi connectivity index (χ2n) is 3.74. The summed E-state index contributed by atoms with van der Waals surface area (Å²) in [4.78, 5) is 10.2. The lowest BCUT2D eigenvalue weighted by atomic mass is 9.99. The second-order valence-corrected chi connectivity index (χ2v) is 3.74. The predicted molar refractivity (Wildman–Crippen MR) is 63.6 cm³/mol. The molecule has 1 atom stereocenters. The molecule has 2 aromatic carbocycles. The Morgan fingerprint density at radius 2 is 1.61 bits per heavy atom. The Hall–Kier alpha value is -2.27. The summed E-state index contributed by atoms with van der Waals surface area (Å²) in [6.07, 6.45) is -1.35. The average Bonchev–Trinajstić information content (AvgIpc) is 2.38. The molecule has 0 heterocycles. The largest absolute Gasteiger partial charge is 0.383 e. The summed E-state index contributed by atoms with van der Waals surface area (Å²) in [5, 5.41) is 20.9. The molecular weight excluding hydrogens is 237 g/mol. The number of hydrogen-bond donors (Lipinski definition) is 1. The molecule has 0 saturated heterocycles. The Kier molecular flexibility index (Phi) is 3.34. The zero-order chi connectivity index (χ0) is 13.1. The van der Waals surface area contributed by atoms with Crippen LogP contribution in [0, 0.1) is 15.9 Å². The molecule has 18 heavy (non-hydrogen) atoms. The molecule has 0 spiro atoms. The van der Waals surface area contributed by atoms with Crippen LogP contribution < -0.4 is 0 Å². The predicted octanol–water partition coefficient (Wildman–Crippen LogP) is 2.82. The smallest absolute Gasteiger partial charge is 0.275 e. The molecule has 0 aromatic heterocycles. The number of aliphatic hydroxyl groups is 1. The minimum absolute atomic E-state index is 0.0202. The van der Waals surface area contributed by atoms with E-state index >= 15 is 0 Å². The lowest BCUT2D eigenvalue weighted by molar-refractivity contribution is -0.386. The molecule has 0 amide bonds. The highest BCUT2D eigenvalue weighted by molar-refractivity contribution is 5.45. The normalized spacial score (nSPS) is 12.1. The van der Waals surface area contributed by atoms with Crippen LogP contribution in [-0.4, -0.2) is 10.0 Å². The molecule has 4 nitrogen and oxygen atoms in total. The van der Waals surface area contributed by atoms with Crippen LogP contribution >= 0.6 is 0 Å². The summed E-state index contributed by atoms with van der Waals surface area (Å²) >= 11 is 0. The molecule has 0 aliphatic heterocycles. The maximum absolute atomic E-state index is 13.5. The average molecular weight is 247 g/mol. The summed E-state index contributed by atoms with van der Waals surface area (Å²) in [7, 11) is 0. The third kappa shape index (κ3) is 2.21. The van der Waals surface area contributed by atoms with Gasteiger partial charge in [0.25, 0.3) is 5.69 Å². The molecule has 1 N–H and O–H groups in total. The minimum atomic E-state index is -1.35. The zero-order valence-electron chi connectivity index (χ0n) is 9.29. The van der Waals surface area contributed by atoms with Gasteiger partial charge in [-0.25, -0.2) is 4.39 Å². The van der Waals surface area contributed by atoms with Gasteiger partial charge in [0.2, 0.25) is 0 Å². The highest BCUT2D eigenvalue weighted by Crippen LogP contribution is 2.30. The van der Waals surface area contributed by atoms with Crippen molar-refractivity contribution in [2.24, 2.45) is 0 Å². The number of rotatable bonds is 3. The number of nitro groups is 1. The molecule has 0 bridgehead atoms. The molecule has 5 heteroatoms. The number of nitrogens with zero attached hydrogens (tertiary/aromatic N) is 1. The van der Waals surface area contributed by atoms with Crippen LogP contribution in [0.15, 0.2) is 48.5 Å². The van der Waals surface area contributed by atoms with Crippen molar-refractivity contribution in [2.75, 3.05) is 0 Å². The maximum atomic E-state index is 13.5. The van der Waals surface area contributed by atoms with E-state index in [0.717, 1.165) is 0 Å². The van der Waals surface area contributed by atoms with E-state index in [-0.39, 0.29) is 16.8 Å². The molecule has 92 valence electrons. The second kappa shape index (κ2) is 4.93. The molecule has 2 aromatic rings. The van der Waals surface area contributed by atoms with Gasteiger partial charge in [0.1, 0.15) is 11.9 Å². The van der Waals surface area contributed by atoms with Crippen molar-refractivity contribution < 1.29 is 14.4 Å². The summed E-state index contributed by atoms with van der Waals surface area (Å²) in [5.74, 6) is -0.594. The maximum Gasteiger partial charge on any atom is 0.275 e. The lowest BCUT2D eigenvalue weighted by Gasteiger charge is -2.12. The third-order valence-electron chi connectivity index (χ3n) is 2.63. The Morgan fingerprint density at radius 1 is 1.06 bits per heavy atom. The van der Waals surface area contributed by atoms with Gasteiger partial charge in [-0.15, -0.1) is 0 Å². The Bertz CT molecular complexity index is 586. The molecule has 0 radical (unpaired) electrons. The lowest BCUT2D eigenvalue weighted by Crippen LogP contribution is -2.05. The van der Waals surface area contributed by atoms with Crippen molar-refractivity contribution in [3.8, 4) is 0 Å². The monoisotopic (exact) mass is 247 g/mol. The Morgan fingerprint density at radius 3 is 2.22 bits per heavy atom. The van der Waals surface area contributed by atoms with Gasteiger partial charge in [-0.1, -0.05) is 30.3 Å². The van der Waals surface area contributed by atoms with E-state index < -0.39 is 16.8 Å². The number of para-hydroxylation sites is 1. The van der Waals surface area contributed by atoms with E-state index in [2.05, 4.69) is 0 Å². The quantitative estimate of drug-likeness (QED) is 0.670. The van der Waals surface area contributed by atoms with Crippen LogP contribution in [0.25, 0.3) is 0 Å². The van der Waals surface area contributed by atoms with E-state index in [1.54, 1.807) is 12.1 Å². The van der Waals surface area contributed by atoms with Crippen LogP contribution in [0.1, 0.15) is 17.2 Å². The van der Waals surface area contributed by atoms with Gasteiger partial charge in [-0.05, 0) is 12.1 Å². The van der Waals surface area contributed by atoms with Crippen molar-refractivity contribution in [1.82, 2.24) is 0 Å². The van der Waals surface area contributed by atoms with Gasteiger partial charge >= 0.3 is 0 Å². The van der Waals surface area contributed by atoms with Gasteiger partial charge in [-0.2, -0.15) is 0 Å². The number of benzene rings is 2. The summed E-state index contributed by atoms with van der Waals surface area (Å²) in [5.41, 5.74) is -0.132. The zero-order valence-corrected chi connectivity index (χ0v) is 9.29. The van der Waals surface area contributed by atoms with Crippen molar-refractivity contribution in [3.63, 3.8) is 0 Å². The minimum Gasteiger partial charge on any atom is -0.383 e. The Labute approximate surface area is 102 Å². The molecule has 2 rings (SSSR count). The standard InChI is InChI=1S/C13H10FNO3/c14-11-7-3-1-5-9(11)13(16)10-6-2-4-8-12(10)15(17)18/h1-8,13,16H. The number of aliphatic hydroxyl groups excluding tert-OH is 1. The van der Waals surface area contributed by atoms with Crippen LogP contribution in [0.5, 0.6) is 0 Å². The van der Waals surface area contributed by atoms with Crippen molar-refractivity contribution in [1.29, 1.82) is 0 Å². The van der Waals surface area contributed by atoms with Crippen molar-refractivity contribution in [2.45, 2.75) is 6.10 Å². The number of hydrogen-bond acceptors (Lipinski definition) is 3. The van der Waals surface area contributed by atoms with Crippen molar-refractivity contribution >= 4 is 5.69 Å². The number of nitro benzene ring substituents is 1. The molecule has 1 unspecified atom stereocenters. The molecular formula is C13H10FNO3. The fourth-order valence-electron chi connectivity index (χ4n) is 1.75. The van der Waals surface area contributed by atoms with Crippen LogP contribution in [-0.2, 0) is 0 Å². The van der Waals surface area contributed by atoms with E-state index in [1.165, 1.54) is 36.4 Å². The summed E-state index contributed by atoms with van der Waals surface area (Å²) in [6.45, 7) is 0. The van der Waals surface area contributed by atoms with Gasteiger partial charge in [0.15, 0.2) is 0 Å². The van der Waals surface area contributed by atoms with Gasteiger partial charge < -0.3 is 5.11 Å². The van der Waals surface area contributed by atoms with E-state index in [0.29, 0.717) is 0 Å². The fourth-order valence-corrected chi connectivity index (χ4v) is 1.75. The molecule has 0 aliphatic rings. The highest BCUT2D eigenvalue weighted by atomic mass is 19.1. The topological polar surface area (TPSA) is 63.4 Å². The fraction of sp³-hybridized carbons (Fsp3) is 0.0769. The van der Waals surface area contributed by atoms with Gasteiger partial charge in [0, 0.05) is 11.6 Å². The molecule has 0 aliphatic carbocycles. The SMILES string of the molecule is O=[N+]([O-])c1ccccc1C(O)c1ccccc1F. The molecule has 0 fully saturated rings. The van der Waals surface area contributed by atoms with E-state index in [1.807, 2.05) is 0 Å². The van der Waals surface area contributed by atoms with Gasteiger partial charge in [-0.3, -0.25) is 10.1 Å². The van der Waals surface area contributed by atoms with Crippen LogP contribution in [0.2, 0.25) is 0 Å². The summed E-state index contributed by atoms with van der Waals surface area (Å²) < 4.78 is 13.5. The highest BCUT2D eigenvalue weighted by Gasteiger charge is 2.22. The Balaban J connectivity index is 2.50. The third-order valence-corrected chi connectivity index (χ3v) is 2.63. The van der Waals surface area contributed by atoms with E-state index in [4.69, 9.17) is 0 Å². The number of halogens is 1. The van der Waals surface area contributed by atoms with E-state index in [9.17, 15) is 19.6 Å².